The molecule has 1 unspecified atom stereocenters. The fraction of sp³-hybridized carbons (Fsp3) is 0.588. The first-order valence-corrected chi connectivity index (χ1v) is 7.52. The van der Waals surface area contributed by atoms with Crippen LogP contribution in [0, 0.1) is 6.92 Å². The second kappa shape index (κ2) is 8.03. The summed E-state index contributed by atoms with van der Waals surface area (Å²) >= 11 is 0. The van der Waals surface area contributed by atoms with Gasteiger partial charge in [-0.25, -0.2) is 4.79 Å². The van der Waals surface area contributed by atoms with Gasteiger partial charge in [-0.15, -0.1) is 0 Å². The zero-order valence-electron chi connectivity index (χ0n) is 13.8. The Morgan fingerprint density at radius 3 is 2.57 bits per heavy atom. The fourth-order valence-electron chi connectivity index (χ4n) is 1.97. The molecule has 4 heteroatoms. The van der Waals surface area contributed by atoms with Gasteiger partial charge in [0.15, 0.2) is 0 Å². The van der Waals surface area contributed by atoms with Crippen LogP contribution in [0.2, 0.25) is 0 Å². The standard InChI is InChI=1S/C17H28N2O2/c1-13-8-6-7-9-15(13)10-11-18-14(2)12-19-16(20)21-17(3,4)5/h6-9,14,18H,10-12H2,1-5H3,(H,19,20). The van der Waals surface area contributed by atoms with Crippen molar-refractivity contribution in [1.82, 2.24) is 10.6 Å². The number of hydrogen-bond acceptors (Lipinski definition) is 3. The van der Waals surface area contributed by atoms with Crippen LogP contribution in [-0.4, -0.2) is 30.8 Å². The number of amides is 1. The zero-order chi connectivity index (χ0) is 15.9. The SMILES string of the molecule is Cc1ccccc1CCNC(C)CNC(=O)OC(C)(C)C. The average Bonchev–Trinajstić information content (AvgIpc) is 2.37. The molecular weight excluding hydrogens is 264 g/mol. The average molecular weight is 292 g/mol. The number of rotatable bonds is 6. The summed E-state index contributed by atoms with van der Waals surface area (Å²) < 4.78 is 5.20. The van der Waals surface area contributed by atoms with Gasteiger partial charge >= 0.3 is 6.09 Å². The summed E-state index contributed by atoms with van der Waals surface area (Å²) in [4.78, 5) is 11.5. The molecule has 0 saturated heterocycles. The van der Waals surface area contributed by atoms with Crippen LogP contribution in [0.25, 0.3) is 0 Å². The van der Waals surface area contributed by atoms with Crippen LogP contribution in [0.4, 0.5) is 4.79 Å². The predicted octanol–water partition coefficient (Wildman–Crippen LogP) is 3.04. The van der Waals surface area contributed by atoms with Crippen LogP contribution >= 0.6 is 0 Å². The molecule has 0 aliphatic carbocycles. The Morgan fingerprint density at radius 2 is 1.95 bits per heavy atom. The van der Waals surface area contributed by atoms with Crippen molar-refractivity contribution < 1.29 is 9.53 Å². The molecule has 1 amide bonds. The molecule has 4 nitrogen and oxygen atoms in total. The van der Waals surface area contributed by atoms with Gasteiger partial charge in [0.2, 0.25) is 0 Å². The summed E-state index contributed by atoms with van der Waals surface area (Å²) in [7, 11) is 0. The first-order valence-electron chi connectivity index (χ1n) is 7.52. The number of nitrogens with one attached hydrogen (secondary N) is 2. The van der Waals surface area contributed by atoms with Gasteiger partial charge in [0.1, 0.15) is 5.60 Å². The van der Waals surface area contributed by atoms with Crippen molar-refractivity contribution in [2.45, 2.75) is 52.7 Å². The molecule has 1 atom stereocenters. The van der Waals surface area contributed by atoms with E-state index < -0.39 is 5.60 Å². The van der Waals surface area contributed by atoms with Crippen molar-refractivity contribution in [2.24, 2.45) is 0 Å². The Hall–Kier alpha value is -1.55. The van der Waals surface area contributed by atoms with Gasteiger partial charge in [-0.3, -0.25) is 0 Å². The lowest BCUT2D eigenvalue weighted by Crippen LogP contribution is -2.41. The first kappa shape index (κ1) is 17.5. The van der Waals surface area contributed by atoms with Crippen molar-refractivity contribution in [1.29, 1.82) is 0 Å². The number of alkyl carbamates (subject to hydrolysis) is 1. The van der Waals surface area contributed by atoms with Crippen LogP contribution < -0.4 is 10.6 Å². The first-order chi connectivity index (χ1) is 9.78. The molecule has 0 bridgehead atoms. The molecule has 1 rings (SSSR count). The minimum absolute atomic E-state index is 0.210. The van der Waals surface area contributed by atoms with Crippen molar-refractivity contribution >= 4 is 6.09 Å². The molecule has 118 valence electrons. The molecular formula is C17H28N2O2. The maximum Gasteiger partial charge on any atom is 0.407 e. The summed E-state index contributed by atoms with van der Waals surface area (Å²) in [6.07, 6.45) is 0.624. The van der Waals surface area contributed by atoms with E-state index in [0.717, 1.165) is 13.0 Å². The van der Waals surface area contributed by atoms with Crippen LogP contribution in [0.3, 0.4) is 0 Å². The number of hydrogen-bond donors (Lipinski definition) is 2. The number of ether oxygens (including phenoxy) is 1. The van der Waals surface area contributed by atoms with E-state index in [9.17, 15) is 4.79 Å². The van der Waals surface area contributed by atoms with E-state index in [0.29, 0.717) is 6.54 Å². The smallest absolute Gasteiger partial charge is 0.407 e. The van der Waals surface area contributed by atoms with E-state index in [4.69, 9.17) is 4.74 Å². The van der Waals surface area contributed by atoms with Crippen LogP contribution in [0.15, 0.2) is 24.3 Å². The van der Waals surface area contributed by atoms with Crippen molar-refractivity contribution in [3.8, 4) is 0 Å². The third kappa shape index (κ3) is 7.71. The lowest BCUT2D eigenvalue weighted by atomic mass is 10.1. The normalized spacial score (nSPS) is 12.8. The number of aryl methyl sites for hydroxylation is 1. The molecule has 0 aromatic heterocycles. The lowest BCUT2D eigenvalue weighted by Gasteiger charge is -2.21. The maximum atomic E-state index is 11.5. The summed E-state index contributed by atoms with van der Waals surface area (Å²) in [5.74, 6) is 0. The molecule has 0 heterocycles. The molecule has 0 aliphatic heterocycles. The van der Waals surface area contributed by atoms with Gasteiger partial charge in [0.05, 0.1) is 0 Å². The van der Waals surface area contributed by atoms with Gasteiger partial charge in [0, 0.05) is 12.6 Å². The van der Waals surface area contributed by atoms with E-state index >= 15 is 0 Å². The second-order valence-corrected chi connectivity index (χ2v) is 6.41. The van der Waals surface area contributed by atoms with E-state index in [1.54, 1.807) is 0 Å². The quantitative estimate of drug-likeness (QED) is 0.847. The van der Waals surface area contributed by atoms with Crippen molar-refractivity contribution in [3.05, 3.63) is 35.4 Å². The minimum atomic E-state index is -0.453. The summed E-state index contributed by atoms with van der Waals surface area (Å²) in [6.45, 7) is 11.2. The lowest BCUT2D eigenvalue weighted by molar-refractivity contribution is 0.0523. The Morgan fingerprint density at radius 1 is 1.29 bits per heavy atom. The van der Waals surface area contributed by atoms with Gasteiger partial charge in [-0.05, 0) is 58.7 Å². The molecule has 0 fully saturated rings. The summed E-state index contributed by atoms with van der Waals surface area (Å²) in [5.41, 5.74) is 2.22. The van der Waals surface area contributed by atoms with Crippen LogP contribution in [-0.2, 0) is 11.2 Å². The molecule has 0 saturated carbocycles. The Balaban J connectivity index is 2.21. The molecule has 2 N–H and O–H groups in total. The van der Waals surface area contributed by atoms with Crippen molar-refractivity contribution in [2.75, 3.05) is 13.1 Å². The monoisotopic (exact) mass is 292 g/mol. The van der Waals surface area contributed by atoms with Gasteiger partial charge in [0.25, 0.3) is 0 Å². The second-order valence-electron chi connectivity index (χ2n) is 6.41. The van der Waals surface area contributed by atoms with Crippen LogP contribution in [0.5, 0.6) is 0 Å². The number of carbonyl (C=O) groups is 1. The van der Waals surface area contributed by atoms with Gasteiger partial charge in [-0.2, -0.15) is 0 Å². The molecule has 0 radical (unpaired) electrons. The maximum absolute atomic E-state index is 11.5. The van der Waals surface area contributed by atoms with Gasteiger partial charge < -0.3 is 15.4 Å². The highest BCUT2D eigenvalue weighted by atomic mass is 16.6. The molecule has 21 heavy (non-hydrogen) atoms. The largest absolute Gasteiger partial charge is 0.444 e. The Labute approximate surface area is 128 Å². The highest BCUT2D eigenvalue weighted by Crippen LogP contribution is 2.07. The third-order valence-corrected chi connectivity index (χ3v) is 3.10. The summed E-state index contributed by atoms with van der Waals surface area (Å²) in [5, 5.41) is 6.18. The highest BCUT2D eigenvalue weighted by Gasteiger charge is 2.16. The van der Waals surface area contributed by atoms with Crippen molar-refractivity contribution in [3.63, 3.8) is 0 Å². The Bertz CT molecular complexity index is 452. The van der Waals surface area contributed by atoms with E-state index in [-0.39, 0.29) is 12.1 Å². The zero-order valence-corrected chi connectivity index (χ0v) is 13.8. The van der Waals surface area contributed by atoms with E-state index in [2.05, 4.69) is 48.7 Å². The molecule has 1 aromatic carbocycles. The number of carbonyl (C=O) groups excluding carboxylic acids is 1. The predicted molar refractivity (Wildman–Crippen MR) is 86.6 cm³/mol. The minimum Gasteiger partial charge on any atom is -0.444 e. The Kier molecular flexibility index (Phi) is 6.69. The number of benzene rings is 1. The molecule has 1 aromatic rings. The molecule has 0 spiro atoms. The van der Waals surface area contributed by atoms with E-state index in [1.807, 2.05) is 20.8 Å². The fourth-order valence-corrected chi connectivity index (χ4v) is 1.97. The highest BCUT2D eigenvalue weighted by molar-refractivity contribution is 5.67. The third-order valence-electron chi connectivity index (χ3n) is 3.10. The molecule has 0 aliphatic rings. The van der Waals surface area contributed by atoms with Gasteiger partial charge in [-0.1, -0.05) is 24.3 Å². The van der Waals surface area contributed by atoms with E-state index in [1.165, 1.54) is 11.1 Å². The summed E-state index contributed by atoms with van der Waals surface area (Å²) in [6, 6.07) is 8.61. The van der Waals surface area contributed by atoms with Crippen LogP contribution in [0.1, 0.15) is 38.8 Å². The topological polar surface area (TPSA) is 50.4 Å².